The number of rotatable bonds is 4. The van der Waals surface area contributed by atoms with Crippen molar-refractivity contribution in [3.05, 3.63) is 35.7 Å². The maximum atomic E-state index is 14.8. The number of aryl methyl sites for hydroxylation is 1. The zero-order valence-corrected chi connectivity index (χ0v) is 15.3. The minimum Gasteiger partial charge on any atom is -0.480 e. The number of hydrogen-bond donors (Lipinski definition) is 1. The maximum absolute atomic E-state index is 14.8. The van der Waals surface area contributed by atoms with Gasteiger partial charge in [-0.05, 0) is 37.5 Å². The second kappa shape index (κ2) is 7.09. The van der Waals surface area contributed by atoms with Crippen LogP contribution in [0.25, 0.3) is 16.9 Å². The Labute approximate surface area is 155 Å². The van der Waals surface area contributed by atoms with Crippen LogP contribution in [0.4, 0.5) is 14.6 Å². The lowest BCUT2D eigenvalue weighted by atomic mass is 9.95. The van der Waals surface area contributed by atoms with Gasteiger partial charge in [-0.15, -0.1) is 0 Å². The van der Waals surface area contributed by atoms with Gasteiger partial charge in [-0.25, -0.2) is 8.78 Å². The van der Waals surface area contributed by atoms with E-state index >= 15 is 0 Å². The maximum Gasteiger partial charge on any atom is 0.257 e. The Morgan fingerprint density at radius 1 is 1.15 bits per heavy atom. The molecule has 27 heavy (non-hydrogen) atoms. The first-order valence-corrected chi connectivity index (χ1v) is 9.08. The standard InChI is InChI=1S/C19H21F2N5O/c1-11-8-15(21)13(9-14(11)20)16-17(24-12-6-4-3-5-7-12)26-19(22-10-23-26)25-18(16)27-2/h8-10,12,24H,3-7H2,1-2H3. The quantitative estimate of drug-likeness (QED) is 0.745. The molecule has 1 aliphatic carbocycles. The summed E-state index contributed by atoms with van der Waals surface area (Å²) in [6.45, 7) is 1.53. The Kier molecular flexibility index (Phi) is 4.63. The topological polar surface area (TPSA) is 64.3 Å². The Morgan fingerprint density at radius 3 is 2.67 bits per heavy atom. The first kappa shape index (κ1) is 17.6. The van der Waals surface area contributed by atoms with Crippen LogP contribution in [-0.2, 0) is 0 Å². The van der Waals surface area contributed by atoms with Crippen LogP contribution in [0.15, 0.2) is 18.5 Å². The summed E-state index contributed by atoms with van der Waals surface area (Å²) < 4.78 is 36.0. The van der Waals surface area contributed by atoms with E-state index in [1.54, 1.807) is 0 Å². The molecular weight excluding hydrogens is 352 g/mol. The van der Waals surface area contributed by atoms with Crippen LogP contribution in [-0.4, -0.2) is 32.7 Å². The van der Waals surface area contributed by atoms with Gasteiger partial charge < -0.3 is 10.1 Å². The molecule has 0 amide bonds. The summed E-state index contributed by atoms with van der Waals surface area (Å²) in [6, 6.07) is 2.58. The third-order valence-electron chi connectivity index (χ3n) is 5.05. The van der Waals surface area contributed by atoms with Gasteiger partial charge in [-0.1, -0.05) is 19.3 Å². The normalized spacial score (nSPS) is 15.3. The van der Waals surface area contributed by atoms with Crippen LogP contribution >= 0.6 is 0 Å². The fourth-order valence-electron chi connectivity index (χ4n) is 3.63. The molecule has 0 spiro atoms. The van der Waals surface area contributed by atoms with Crippen LogP contribution in [0, 0.1) is 18.6 Å². The summed E-state index contributed by atoms with van der Waals surface area (Å²) in [7, 11) is 1.45. The van der Waals surface area contributed by atoms with Crippen molar-refractivity contribution < 1.29 is 13.5 Å². The molecule has 0 atom stereocenters. The largest absolute Gasteiger partial charge is 0.480 e. The van der Waals surface area contributed by atoms with Gasteiger partial charge in [0.15, 0.2) is 0 Å². The first-order valence-electron chi connectivity index (χ1n) is 9.08. The summed E-state index contributed by atoms with van der Waals surface area (Å²) in [4.78, 5) is 8.44. The van der Waals surface area contributed by atoms with Gasteiger partial charge in [0, 0.05) is 11.6 Å². The summed E-state index contributed by atoms with van der Waals surface area (Å²) in [5.41, 5.74) is 0.669. The predicted molar refractivity (Wildman–Crippen MR) is 97.9 cm³/mol. The molecule has 0 bridgehead atoms. The van der Waals surface area contributed by atoms with Gasteiger partial charge in [0.1, 0.15) is 23.8 Å². The van der Waals surface area contributed by atoms with E-state index in [1.807, 2.05) is 0 Å². The molecule has 3 aromatic rings. The minimum atomic E-state index is -0.542. The van der Waals surface area contributed by atoms with Gasteiger partial charge in [0.05, 0.1) is 12.7 Å². The van der Waals surface area contributed by atoms with Crippen LogP contribution < -0.4 is 10.1 Å². The Balaban J connectivity index is 1.94. The lowest BCUT2D eigenvalue weighted by Crippen LogP contribution is -2.24. The molecule has 1 aliphatic rings. The smallest absolute Gasteiger partial charge is 0.257 e. The molecule has 1 fully saturated rings. The van der Waals surface area contributed by atoms with E-state index in [2.05, 4.69) is 20.4 Å². The summed E-state index contributed by atoms with van der Waals surface area (Å²) in [5, 5.41) is 7.69. The van der Waals surface area contributed by atoms with Crippen LogP contribution in [0.5, 0.6) is 5.88 Å². The second-order valence-electron chi connectivity index (χ2n) is 6.88. The number of fused-ring (bicyclic) bond motifs is 1. The molecule has 1 aromatic carbocycles. The number of anilines is 1. The predicted octanol–water partition coefficient (Wildman–Crippen LogP) is 4.13. The second-order valence-corrected chi connectivity index (χ2v) is 6.88. The molecule has 8 heteroatoms. The Hall–Kier alpha value is -2.77. The lowest BCUT2D eigenvalue weighted by molar-refractivity contribution is 0.399. The monoisotopic (exact) mass is 373 g/mol. The molecular formula is C19H21F2N5O. The van der Waals surface area contributed by atoms with E-state index in [9.17, 15) is 8.78 Å². The SMILES string of the molecule is COc1nc2ncnn2c(NC2CCCCC2)c1-c1cc(F)c(C)cc1F. The minimum absolute atomic E-state index is 0.0816. The summed E-state index contributed by atoms with van der Waals surface area (Å²) in [5.74, 6) is -0.00261. The van der Waals surface area contributed by atoms with E-state index in [0.29, 0.717) is 17.2 Å². The molecule has 2 aromatic heterocycles. The van der Waals surface area contributed by atoms with E-state index < -0.39 is 11.6 Å². The van der Waals surface area contributed by atoms with Gasteiger partial charge >= 0.3 is 0 Å². The van der Waals surface area contributed by atoms with E-state index in [0.717, 1.165) is 25.7 Å². The number of nitrogens with one attached hydrogen (secondary N) is 1. The highest BCUT2D eigenvalue weighted by molar-refractivity contribution is 5.82. The van der Waals surface area contributed by atoms with Crippen molar-refractivity contribution in [3.8, 4) is 17.0 Å². The van der Waals surface area contributed by atoms with Crippen molar-refractivity contribution in [2.75, 3.05) is 12.4 Å². The van der Waals surface area contributed by atoms with Gasteiger partial charge in [0.25, 0.3) is 5.78 Å². The lowest BCUT2D eigenvalue weighted by Gasteiger charge is -2.26. The van der Waals surface area contributed by atoms with E-state index in [4.69, 9.17) is 4.74 Å². The molecule has 0 aliphatic heterocycles. The Bertz CT molecular complexity index is 982. The van der Waals surface area contributed by atoms with Gasteiger partial charge in [-0.3, -0.25) is 0 Å². The third-order valence-corrected chi connectivity index (χ3v) is 5.05. The molecule has 1 N–H and O–H groups in total. The van der Waals surface area contributed by atoms with Crippen LogP contribution in [0.2, 0.25) is 0 Å². The number of halogens is 2. The highest BCUT2D eigenvalue weighted by Gasteiger charge is 2.25. The average Bonchev–Trinajstić information content (AvgIpc) is 3.14. The van der Waals surface area contributed by atoms with Crippen molar-refractivity contribution in [1.29, 1.82) is 0 Å². The van der Waals surface area contributed by atoms with Crippen molar-refractivity contribution in [1.82, 2.24) is 19.6 Å². The zero-order chi connectivity index (χ0) is 19.0. The molecule has 0 unspecified atom stereocenters. The molecule has 142 valence electrons. The van der Waals surface area contributed by atoms with Gasteiger partial charge in [-0.2, -0.15) is 19.6 Å². The zero-order valence-electron chi connectivity index (χ0n) is 15.3. The first-order chi connectivity index (χ1) is 13.1. The van der Waals surface area contributed by atoms with Gasteiger partial charge in [0.2, 0.25) is 5.88 Å². The van der Waals surface area contributed by atoms with Crippen molar-refractivity contribution in [2.24, 2.45) is 0 Å². The number of methoxy groups -OCH3 is 1. The molecule has 1 saturated carbocycles. The van der Waals surface area contributed by atoms with Crippen molar-refractivity contribution in [3.63, 3.8) is 0 Å². The fraction of sp³-hybridized carbons (Fsp3) is 0.421. The average molecular weight is 373 g/mol. The molecule has 4 rings (SSSR count). The van der Waals surface area contributed by atoms with Crippen molar-refractivity contribution in [2.45, 2.75) is 45.1 Å². The number of hydrogen-bond acceptors (Lipinski definition) is 5. The number of nitrogens with zero attached hydrogens (tertiary/aromatic N) is 4. The fourth-order valence-corrected chi connectivity index (χ4v) is 3.63. The van der Waals surface area contributed by atoms with Crippen molar-refractivity contribution >= 4 is 11.6 Å². The molecule has 2 heterocycles. The molecule has 6 nitrogen and oxygen atoms in total. The van der Waals surface area contributed by atoms with Crippen LogP contribution in [0.1, 0.15) is 37.7 Å². The van der Waals surface area contributed by atoms with Crippen LogP contribution in [0.3, 0.4) is 0 Å². The summed E-state index contributed by atoms with van der Waals surface area (Å²) in [6.07, 6.45) is 6.85. The molecule has 0 saturated heterocycles. The molecule has 0 radical (unpaired) electrons. The number of ether oxygens (including phenoxy) is 1. The highest BCUT2D eigenvalue weighted by atomic mass is 19.1. The number of benzene rings is 1. The van der Waals surface area contributed by atoms with E-state index in [1.165, 1.54) is 43.4 Å². The number of aromatic nitrogens is 4. The highest BCUT2D eigenvalue weighted by Crippen LogP contribution is 2.39. The Morgan fingerprint density at radius 2 is 1.93 bits per heavy atom. The van der Waals surface area contributed by atoms with E-state index in [-0.39, 0.29) is 23.0 Å². The third kappa shape index (κ3) is 3.20. The summed E-state index contributed by atoms with van der Waals surface area (Å²) >= 11 is 0.